The molecule has 138 valence electrons. The van der Waals surface area contributed by atoms with E-state index in [4.69, 9.17) is 11.2 Å². The van der Waals surface area contributed by atoms with Crippen LogP contribution in [0.4, 0.5) is 0 Å². The van der Waals surface area contributed by atoms with E-state index in [2.05, 4.69) is 11.2 Å². The number of benzene rings is 2. The third kappa shape index (κ3) is 4.60. The number of allylic oxidation sites excluding steroid dienone is 1. The molecule has 0 aliphatic heterocycles. The van der Waals surface area contributed by atoms with Crippen LogP contribution in [0, 0.1) is 12.3 Å². The van der Waals surface area contributed by atoms with Gasteiger partial charge in [-0.1, -0.05) is 55.5 Å². The Morgan fingerprint density at radius 3 is 2.30 bits per heavy atom. The average Bonchev–Trinajstić information content (AvgIpc) is 2.74. The molecule has 27 heavy (non-hydrogen) atoms. The lowest BCUT2D eigenvalue weighted by Crippen LogP contribution is -2.44. The first-order valence-electron chi connectivity index (χ1n) is 9.37. The molecule has 1 saturated carbocycles. The second kappa shape index (κ2) is 8.60. The Kier molecular flexibility index (Phi) is 5.98. The van der Waals surface area contributed by atoms with Crippen LogP contribution < -0.4 is 10.1 Å². The first-order chi connectivity index (χ1) is 13.2. The Labute approximate surface area is 161 Å². The summed E-state index contributed by atoms with van der Waals surface area (Å²) in [5.74, 6) is 3.63. The average molecular weight is 359 g/mol. The molecule has 0 aromatic heterocycles. The van der Waals surface area contributed by atoms with E-state index in [9.17, 15) is 4.79 Å². The van der Waals surface area contributed by atoms with Crippen molar-refractivity contribution >= 4 is 11.5 Å². The third-order valence-electron chi connectivity index (χ3n) is 5.09. The lowest BCUT2D eigenvalue weighted by Gasteiger charge is -2.35. The number of hydrogen-bond donors (Lipinski definition) is 1. The van der Waals surface area contributed by atoms with Gasteiger partial charge < -0.3 is 10.1 Å². The normalized spacial score (nSPS) is 16.2. The maximum absolute atomic E-state index is 12.9. The van der Waals surface area contributed by atoms with E-state index < -0.39 is 0 Å². The zero-order chi connectivity index (χ0) is 19.1. The number of carbonyl (C=O) groups is 1. The zero-order valence-corrected chi connectivity index (χ0v) is 15.7. The Bertz CT molecular complexity index is 838. The highest BCUT2D eigenvalue weighted by atomic mass is 16.5. The van der Waals surface area contributed by atoms with Crippen molar-refractivity contribution in [2.75, 3.05) is 7.11 Å². The monoisotopic (exact) mass is 359 g/mol. The molecule has 3 rings (SSSR count). The molecule has 0 radical (unpaired) electrons. The van der Waals surface area contributed by atoms with Crippen molar-refractivity contribution in [3.05, 3.63) is 71.8 Å². The van der Waals surface area contributed by atoms with Gasteiger partial charge in [0, 0.05) is 17.3 Å². The SMILES string of the molecule is C#CC1(N/C(=C\C(=O)c2ccc(OC)cc2)c2ccccc2)CCCCC1. The van der Waals surface area contributed by atoms with Crippen LogP contribution in [-0.2, 0) is 0 Å². The predicted octanol–water partition coefficient (Wildman–Crippen LogP) is 4.84. The Morgan fingerprint density at radius 1 is 1.04 bits per heavy atom. The quantitative estimate of drug-likeness (QED) is 0.455. The maximum atomic E-state index is 12.9. The number of ether oxygens (including phenoxy) is 1. The molecule has 0 amide bonds. The summed E-state index contributed by atoms with van der Waals surface area (Å²) >= 11 is 0. The molecule has 0 bridgehead atoms. The van der Waals surface area contributed by atoms with Crippen LogP contribution in [0.1, 0.15) is 48.0 Å². The van der Waals surface area contributed by atoms with Crippen molar-refractivity contribution in [1.29, 1.82) is 0 Å². The third-order valence-corrected chi connectivity index (χ3v) is 5.09. The van der Waals surface area contributed by atoms with Gasteiger partial charge in [-0.2, -0.15) is 0 Å². The summed E-state index contributed by atoms with van der Waals surface area (Å²) in [6.07, 6.45) is 12.8. The van der Waals surface area contributed by atoms with Crippen molar-refractivity contribution in [2.24, 2.45) is 0 Å². The summed E-state index contributed by atoms with van der Waals surface area (Å²) in [6, 6.07) is 17.0. The molecule has 3 heteroatoms. The number of hydrogen-bond acceptors (Lipinski definition) is 3. The fourth-order valence-corrected chi connectivity index (χ4v) is 3.50. The summed E-state index contributed by atoms with van der Waals surface area (Å²) in [6.45, 7) is 0. The number of carbonyl (C=O) groups excluding carboxylic acids is 1. The number of nitrogens with one attached hydrogen (secondary N) is 1. The molecule has 0 saturated heterocycles. The fraction of sp³-hybridized carbons (Fsp3) is 0.292. The minimum absolute atomic E-state index is 0.0630. The van der Waals surface area contributed by atoms with Gasteiger partial charge in [0.05, 0.1) is 12.6 Å². The number of ketones is 1. The molecule has 1 fully saturated rings. The highest BCUT2D eigenvalue weighted by molar-refractivity contribution is 6.08. The second-order valence-corrected chi connectivity index (χ2v) is 6.93. The number of rotatable bonds is 6. The van der Waals surface area contributed by atoms with Crippen LogP contribution in [0.15, 0.2) is 60.7 Å². The van der Waals surface area contributed by atoms with E-state index >= 15 is 0 Å². The lowest BCUT2D eigenvalue weighted by atomic mass is 9.82. The first-order valence-corrected chi connectivity index (χ1v) is 9.37. The van der Waals surface area contributed by atoms with Crippen LogP contribution in [0.2, 0.25) is 0 Å². The van der Waals surface area contributed by atoms with Crippen LogP contribution >= 0.6 is 0 Å². The fourth-order valence-electron chi connectivity index (χ4n) is 3.50. The van der Waals surface area contributed by atoms with E-state index in [0.29, 0.717) is 5.56 Å². The summed E-state index contributed by atoms with van der Waals surface area (Å²) < 4.78 is 5.17. The zero-order valence-electron chi connectivity index (χ0n) is 15.7. The van der Waals surface area contributed by atoms with Gasteiger partial charge in [-0.05, 0) is 42.7 Å². The van der Waals surface area contributed by atoms with Crippen LogP contribution in [0.3, 0.4) is 0 Å². The molecule has 2 aromatic carbocycles. The van der Waals surface area contributed by atoms with Gasteiger partial charge in [-0.15, -0.1) is 6.42 Å². The minimum Gasteiger partial charge on any atom is -0.497 e. The molecule has 0 atom stereocenters. The van der Waals surface area contributed by atoms with Crippen LogP contribution in [0.25, 0.3) is 5.70 Å². The first kappa shape index (κ1) is 18.8. The van der Waals surface area contributed by atoms with Gasteiger partial charge >= 0.3 is 0 Å². The van der Waals surface area contributed by atoms with E-state index in [1.807, 2.05) is 30.3 Å². The topological polar surface area (TPSA) is 38.3 Å². The van der Waals surface area contributed by atoms with Crippen molar-refractivity contribution in [2.45, 2.75) is 37.6 Å². The molecule has 1 aliphatic rings. The molecular weight excluding hydrogens is 334 g/mol. The largest absolute Gasteiger partial charge is 0.497 e. The second-order valence-electron chi connectivity index (χ2n) is 6.93. The molecule has 3 nitrogen and oxygen atoms in total. The molecule has 1 aliphatic carbocycles. The minimum atomic E-state index is -0.389. The van der Waals surface area contributed by atoms with Crippen molar-refractivity contribution in [1.82, 2.24) is 5.32 Å². The number of terminal acetylenes is 1. The highest BCUT2D eigenvalue weighted by Crippen LogP contribution is 2.30. The summed E-state index contributed by atoms with van der Waals surface area (Å²) in [4.78, 5) is 12.9. The Hall–Kier alpha value is -2.99. The molecule has 2 aromatic rings. The highest BCUT2D eigenvalue weighted by Gasteiger charge is 2.30. The maximum Gasteiger partial charge on any atom is 0.187 e. The molecule has 0 spiro atoms. The van der Waals surface area contributed by atoms with Gasteiger partial charge in [0.15, 0.2) is 5.78 Å². The van der Waals surface area contributed by atoms with Gasteiger partial charge in [0.1, 0.15) is 5.75 Å². The Balaban J connectivity index is 1.92. The van der Waals surface area contributed by atoms with Crippen LogP contribution in [0.5, 0.6) is 5.75 Å². The molecule has 0 unspecified atom stereocenters. The van der Waals surface area contributed by atoms with E-state index in [1.165, 1.54) is 6.42 Å². The van der Waals surface area contributed by atoms with Crippen LogP contribution in [-0.4, -0.2) is 18.4 Å². The van der Waals surface area contributed by atoms with Crippen molar-refractivity contribution in [3.63, 3.8) is 0 Å². The number of methoxy groups -OCH3 is 1. The van der Waals surface area contributed by atoms with E-state index in [-0.39, 0.29) is 11.3 Å². The molecule has 1 N–H and O–H groups in total. The molecule has 0 heterocycles. The van der Waals surface area contributed by atoms with E-state index in [1.54, 1.807) is 37.5 Å². The summed E-state index contributed by atoms with van der Waals surface area (Å²) in [5.41, 5.74) is 1.96. The van der Waals surface area contributed by atoms with Crippen molar-refractivity contribution < 1.29 is 9.53 Å². The summed E-state index contributed by atoms with van der Waals surface area (Å²) in [7, 11) is 1.61. The van der Waals surface area contributed by atoms with Gasteiger partial charge in [-0.3, -0.25) is 4.79 Å². The van der Waals surface area contributed by atoms with Gasteiger partial charge in [-0.25, -0.2) is 0 Å². The van der Waals surface area contributed by atoms with Gasteiger partial charge in [0.25, 0.3) is 0 Å². The molecular formula is C24H25NO2. The Morgan fingerprint density at radius 2 is 1.70 bits per heavy atom. The lowest BCUT2D eigenvalue weighted by molar-refractivity contribution is 0.104. The van der Waals surface area contributed by atoms with Gasteiger partial charge in [0.2, 0.25) is 0 Å². The van der Waals surface area contributed by atoms with Crippen molar-refractivity contribution in [3.8, 4) is 18.1 Å². The standard InChI is InChI=1S/C24H25NO2/c1-3-24(16-8-5-9-17-24)25-22(19-10-6-4-7-11-19)18-23(26)20-12-14-21(27-2)15-13-20/h1,4,6-7,10-15,18,25H,5,8-9,16-17H2,2H3/b22-18-. The summed E-state index contributed by atoms with van der Waals surface area (Å²) in [5, 5.41) is 3.54. The predicted molar refractivity (Wildman–Crippen MR) is 110 cm³/mol. The van der Waals surface area contributed by atoms with E-state index in [0.717, 1.165) is 42.7 Å². The smallest absolute Gasteiger partial charge is 0.187 e.